The van der Waals surface area contributed by atoms with Crippen molar-refractivity contribution in [1.29, 1.82) is 0 Å². The van der Waals surface area contributed by atoms with Crippen LogP contribution in [0.25, 0.3) is 0 Å². The van der Waals surface area contributed by atoms with E-state index in [0.29, 0.717) is 5.56 Å². The molecule has 1 aliphatic carbocycles. The van der Waals surface area contributed by atoms with E-state index in [0.717, 1.165) is 24.0 Å². The zero-order valence-electron chi connectivity index (χ0n) is 10.5. The second-order valence-electron chi connectivity index (χ2n) is 4.94. The van der Waals surface area contributed by atoms with Crippen molar-refractivity contribution in [2.24, 2.45) is 5.41 Å². The van der Waals surface area contributed by atoms with Gasteiger partial charge in [0.1, 0.15) is 0 Å². The van der Waals surface area contributed by atoms with Crippen molar-refractivity contribution < 1.29 is 9.53 Å². The van der Waals surface area contributed by atoms with Gasteiger partial charge in [0.25, 0.3) is 5.91 Å². The van der Waals surface area contributed by atoms with Crippen LogP contribution in [0.5, 0.6) is 0 Å². The fourth-order valence-electron chi connectivity index (χ4n) is 2.01. The van der Waals surface area contributed by atoms with Crippen molar-refractivity contribution in [1.82, 2.24) is 5.32 Å². The average molecular weight is 312 g/mol. The minimum absolute atomic E-state index is 0.00000756. The van der Waals surface area contributed by atoms with Crippen molar-refractivity contribution >= 4 is 21.8 Å². The number of benzene rings is 1. The maximum absolute atomic E-state index is 12.0. The molecular formula is C14H18BrNO2. The molecule has 98 valence electrons. The first kappa shape index (κ1) is 13.6. The monoisotopic (exact) mass is 311 g/mol. The zero-order chi connectivity index (χ0) is 13.0. The highest BCUT2D eigenvalue weighted by molar-refractivity contribution is 9.10. The molecule has 0 saturated heterocycles. The van der Waals surface area contributed by atoms with Crippen molar-refractivity contribution in [3.63, 3.8) is 0 Å². The molecule has 1 fully saturated rings. The molecule has 1 aromatic carbocycles. The predicted molar refractivity (Wildman–Crippen MR) is 74.6 cm³/mol. The molecule has 0 unspecified atom stereocenters. The normalized spacial score (nSPS) is 16.3. The van der Waals surface area contributed by atoms with Crippen LogP contribution >= 0.6 is 15.9 Å². The van der Waals surface area contributed by atoms with E-state index in [2.05, 4.69) is 21.2 Å². The van der Waals surface area contributed by atoms with E-state index in [-0.39, 0.29) is 11.3 Å². The van der Waals surface area contributed by atoms with Gasteiger partial charge in [0.2, 0.25) is 0 Å². The van der Waals surface area contributed by atoms with E-state index >= 15 is 0 Å². The lowest BCUT2D eigenvalue weighted by Crippen LogP contribution is -2.30. The molecule has 0 heterocycles. The number of amides is 1. The molecule has 0 atom stereocenters. The maximum atomic E-state index is 12.0. The summed E-state index contributed by atoms with van der Waals surface area (Å²) < 4.78 is 6.03. The summed E-state index contributed by atoms with van der Waals surface area (Å²) >= 11 is 3.37. The van der Waals surface area contributed by atoms with Crippen molar-refractivity contribution in [2.45, 2.75) is 19.3 Å². The molecule has 18 heavy (non-hydrogen) atoms. The molecule has 1 amide bonds. The first-order valence-corrected chi connectivity index (χ1v) is 6.97. The summed E-state index contributed by atoms with van der Waals surface area (Å²) in [5.74, 6) is -0.00000756. The number of halogens is 1. The van der Waals surface area contributed by atoms with Crippen molar-refractivity contribution in [3.8, 4) is 0 Å². The molecule has 3 nitrogen and oxygen atoms in total. The summed E-state index contributed by atoms with van der Waals surface area (Å²) in [6.45, 7) is 1.52. The Morgan fingerprint density at radius 2 is 2.28 bits per heavy atom. The maximum Gasteiger partial charge on any atom is 0.251 e. The summed E-state index contributed by atoms with van der Waals surface area (Å²) in [6.07, 6.45) is 3.41. The van der Waals surface area contributed by atoms with Gasteiger partial charge in [-0.1, -0.05) is 22.0 Å². The number of methoxy groups -OCH3 is 1. The van der Waals surface area contributed by atoms with Gasteiger partial charge >= 0.3 is 0 Å². The van der Waals surface area contributed by atoms with E-state index in [1.165, 1.54) is 12.8 Å². The van der Waals surface area contributed by atoms with E-state index in [1.54, 1.807) is 7.11 Å². The molecule has 0 aliphatic heterocycles. The highest BCUT2D eigenvalue weighted by atomic mass is 79.9. The molecule has 1 aliphatic rings. The second kappa shape index (κ2) is 5.85. The molecule has 4 heteroatoms. The minimum atomic E-state index is -0.00000756. The lowest BCUT2D eigenvalue weighted by atomic mass is 10.0. The number of ether oxygens (including phenoxy) is 1. The Morgan fingerprint density at radius 1 is 1.50 bits per heavy atom. The quantitative estimate of drug-likeness (QED) is 0.877. The van der Waals surface area contributed by atoms with Crippen LogP contribution in [0.15, 0.2) is 28.7 Å². The first-order valence-electron chi connectivity index (χ1n) is 6.18. The summed E-state index contributed by atoms with van der Waals surface area (Å²) in [7, 11) is 1.72. The number of carbonyl (C=O) groups excluding carboxylic acids is 1. The third-order valence-electron chi connectivity index (χ3n) is 3.50. The van der Waals surface area contributed by atoms with Gasteiger partial charge in [-0.15, -0.1) is 0 Å². The van der Waals surface area contributed by atoms with E-state index in [4.69, 9.17) is 4.74 Å². The van der Waals surface area contributed by atoms with Gasteiger partial charge in [-0.25, -0.2) is 0 Å². The largest absolute Gasteiger partial charge is 0.385 e. The molecular weight excluding hydrogens is 294 g/mol. The summed E-state index contributed by atoms with van der Waals surface area (Å²) in [4.78, 5) is 12.0. The fourth-order valence-corrected chi connectivity index (χ4v) is 2.41. The van der Waals surface area contributed by atoms with Crippen molar-refractivity contribution in [2.75, 3.05) is 20.3 Å². The van der Waals surface area contributed by atoms with Crippen LogP contribution in [0.1, 0.15) is 29.6 Å². The number of hydrogen-bond acceptors (Lipinski definition) is 2. The van der Waals surface area contributed by atoms with Gasteiger partial charge in [-0.05, 0) is 42.9 Å². The highest BCUT2D eigenvalue weighted by Crippen LogP contribution is 2.48. The second-order valence-corrected chi connectivity index (χ2v) is 5.85. The zero-order valence-corrected chi connectivity index (χ0v) is 12.1. The average Bonchev–Trinajstić information content (AvgIpc) is 3.14. The first-order chi connectivity index (χ1) is 8.65. The van der Waals surface area contributed by atoms with Crippen LogP contribution in [-0.4, -0.2) is 26.2 Å². The van der Waals surface area contributed by atoms with E-state index in [1.807, 2.05) is 24.3 Å². The topological polar surface area (TPSA) is 38.3 Å². The predicted octanol–water partition coefficient (Wildman–Crippen LogP) is 3.00. The Kier molecular flexibility index (Phi) is 4.40. The molecule has 0 aromatic heterocycles. The Morgan fingerprint density at radius 3 is 2.89 bits per heavy atom. The Labute approximate surface area is 116 Å². The Balaban J connectivity index is 1.85. The molecule has 2 rings (SSSR count). The molecule has 1 N–H and O–H groups in total. The standard InChI is InChI=1S/C14H18BrNO2/c1-18-8-7-14(5-6-14)10-16-13(17)11-3-2-4-12(15)9-11/h2-4,9H,5-8,10H2,1H3,(H,16,17). The van der Waals surface area contributed by atoms with Gasteiger partial charge in [0, 0.05) is 30.3 Å². The lowest BCUT2D eigenvalue weighted by Gasteiger charge is -2.15. The number of carbonyl (C=O) groups is 1. The molecule has 0 radical (unpaired) electrons. The summed E-state index contributed by atoms with van der Waals surface area (Å²) in [6, 6.07) is 7.45. The van der Waals surface area contributed by atoms with Crippen LogP contribution < -0.4 is 5.32 Å². The molecule has 1 saturated carbocycles. The minimum Gasteiger partial charge on any atom is -0.385 e. The third-order valence-corrected chi connectivity index (χ3v) is 4.00. The highest BCUT2D eigenvalue weighted by Gasteiger charge is 2.42. The third kappa shape index (κ3) is 3.56. The number of hydrogen-bond donors (Lipinski definition) is 1. The van der Waals surface area contributed by atoms with Gasteiger partial charge < -0.3 is 10.1 Å². The molecule has 0 bridgehead atoms. The Bertz CT molecular complexity index is 430. The van der Waals surface area contributed by atoms with Crippen LogP contribution in [0.2, 0.25) is 0 Å². The summed E-state index contributed by atoms with van der Waals surface area (Å²) in [5, 5.41) is 3.02. The van der Waals surface area contributed by atoms with E-state index < -0.39 is 0 Å². The smallest absolute Gasteiger partial charge is 0.251 e. The Hall–Kier alpha value is -0.870. The number of rotatable bonds is 6. The van der Waals surface area contributed by atoms with Gasteiger partial charge in [0.15, 0.2) is 0 Å². The van der Waals surface area contributed by atoms with Crippen molar-refractivity contribution in [3.05, 3.63) is 34.3 Å². The van der Waals surface area contributed by atoms with Crippen LogP contribution in [0, 0.1) is 5.41 Å². The summed E-state index contributed by atoms with van der Waals surface area (Å²) in [5.41, 5.74) is 0.990. The van der Waals surface area contributed by atoms with Gasteiger partial charge in [-0.3, -0.25) is 4.79 Å². The van der Waals surface area contributed by atoms with Crippen LogP contribution in [0.4, 0.5) is 0 Å². The van der Waals surface area contributed by atoms with Crippen LogP contribution in [0.3, 0.4) is 0 Å². The van der Waals surface area contributed by atoms with E-state index in [9.17, 15) is 4.79 Å². The number of nitrogens with one attached hydrogen (secondary N) is 1. The lowest BCUT2D eigenvalue weighted by molar-refractivity contribution is 0.0938. The van der Waals surface area contributed by atoms with Gasteiger partial charge in [-0.2, -0.15) is 0 Å². The fraction of sp³-hybridized carbons (Fsp3) is 0.500. The molecule has 1 aromatic rings. The van der Waals surface area contributed by atoms with Gasteiger partial charge in [0.05, 0.1) is 0 Å². The SMILES string of the molecule is COCCC1(CNC(=O)c2cccc(Br)c2)CC1. The van der Waals surface area contributed by atoms with Crippen LogP contribution in [-0.2, 0) is 4.74 Å². The molecule has 0 spiro atoms.